The Hall–Kier alpha value is -7.18. The van der Waals surface area contributed by atoms with Crippen LogP contribution in [0.25, 0.3) is 11.5 Å². The van der Waals surface area contributed by atoms with Crippen molar-refractivity contribution < 1.29 is 69.6 Å². The maximum atomic E-state index is 14.1. The van der Waals surface area contributed by atoms with E-state index in [1.54, 1.807) is 0 Å². The van der Waals surface area contributed by atoms with E-state index in [2.05, 4.69) is 23.7 Å². The number of aliphatic hydroxyl groups excluding tert-OH is 4. The van der Waals surface area contributed by atoms with Crippen molar-refractivity contribution in [3.05, 3.63) is 91.5 Å². The molecule has 17 nitrogen and oxygen atoms in total. The molecule has 2 fully saturated rings. The highest BCUT2D eigenvalue weighted by atomic mass is 16.4. The number of nitrogens with zero attached hydrogens (tertiary/aromatic N) is 1. The fourth-order valence-electron chi connectivity index (χ4n) is 10.5. The SMILES string of the molecule is CN(C)C1C(=O)C(C(N)=O)=C(O)C2(O)C(=O)C3=C(O)c4c(O)ccc(C#CCCC#Cc5ccc(O)c6c5CC5CC7CC(=O)C(C(N)=O)=C(O)C7(O)C(=O)C5=C6O)c4CC3CC12. The molecule has 2 aromatic rings. The second kappa shape index (κ2) is 14.7. The third kappa shape index (κ3) is 5.99. The number of phenols is 2. The van der Waals surface area contributed by atoms with Gasteiger partial charge in [0.1, 0.15) is 45.7 Å². The van der Waals surface area contributed by atoms with Crippen LogP contribution in [0.15, 0.2) is 58.1 Å². The Morgan fingerprint density at radius 1 is 0.683 bits per heavy atom. The van der Waals surface area contributed by atoms with Gasteiger partial charge >= 0.3 is 0 Å². The topological polar surface area (TPSA) is 320 Å². The van der Waals surface area contributed by atoms with E-state index in [1.165, 1.54) is 43.3 Å². The summed E-state index contributed by atoms with van der Waals surface area (Å²) in [5, 5.41) is 89.8. The van der Waals surface area contributed by atoms with Gasteiger partial charge in [0.05, 0.1) is 17.2 Å². The summed E-state index contributed by atoms with van der Waals surface area (Å²) in [5.41, 5.74) is 4.31. The zero-order valence-electron chi connectivity index (χ0n) is 33.8. The summed E-state index contributed by atoms with van der Waals surface area (Å²) in [5.74, 6) is -2.73. The first kappa shape index (κ1) is 42.5. The third-order valence-corrected chi connectivity index (χ3v) is 13.4. The van der Waals surface area contributed by atoms with Crippen molar-refractivity contribution in [2.45, 2.75) is 62.2 Å². The smallest absolute Gasteiger partial charge is 0.255 e. The maximum absolute atomic E-state index is 14.1. The van der Waals surface area contributed by atoms with Crippen LogP contribution in [0.2, 0.25) is 0 Å². The van der Waals surface area contributed by atoms with Gasteiger partial charge in [-0.25, -0.2) is 0 Å². The predicted molar refractivity (Wildman–Crippen MR) is 219 cm³/mol. The van der Waals surface area contributed by atoms with Gasteiger partial charge in [-0.3, -0.25) is 33.7 Å². The molecular weight excluding hydrogens is 819 g/mol. The number of primary amides is 2. The zero-order valence-corrected chi connectivity index (χ0v) is 33.8. The summed E-state index contributed by atoms with van der Waals surface area (Å²) < 4.78 is 0. The van der Waals surface area contributed by atoms with Crippen LogP contribution >= 0.6 is 0 Å². The van der Waals surface area contributed by atoms with Crippen LogP contribution in [0.1, 0.15) is 65.5 Å². The molecule has 7 atom stereocenters. The predicted octanol–water partition coefficient (Wildman–Crippen LogP) is 0.885. The number of aliphatic hydroxyl groups is 6. The molecule has 6 aliphatic rings. The first-order chi connectivity index (χ1) is 29.7. The minimum atomic E-state index is -2.77. The molecule has 0 heterocycles. The molecule has 2 saturated carbocycles. The summed E-state index contributed by atoms with van der Waals surface area (Å²) in [6.07, 6.45) is 0.00113. The van der Waals surface area contributed by atoms with Gasteiger partial charge in [-0.2, -0.15) is 0 Å². The number of aromatic hydroxyl groups is 2. The Morgan fingerprint density at radius 2 is 1.14 bits per heavy atom. The highest BCUT2D eigenvalue weighted by Gasteiger charge is 2.64. The molecule has 17 heteroatoms. The molecule has 6 aliphatic carbocycles. The number of fused-ring (bicyclic) bond motifs is 6. The Kier molecular flexibility index (Phi) is 9.94. The zero-order chi connectivity index (χ0) is 45.8. The van der Waals surface area contributed by atoms with E-state index in [-0.39, 0.29) is 72.3 Å². The number of carbonyl (C=O) groups excluding carboxylic acids is 6. The number of benzene rings is 2. The van der Waals surface area contributed by atoms with Crippen molar-refractivity contribution in [1.29, 1.82) is 0 Å². The van der Waals surface area contributed by atoms with Gasteiger partial charge in [-0.15, -0.1) is 0 Å². The van der Waals surface area contributed by atoms with Gasteiger partial charge in [-0.05, 0) is 87.0 Å². The Balaban J connectivity index is 1.06. The third-order valence-electron chi connectivity index (χ3n) is 13.4. The molecule has 12 N–H and O–H groups in total. The van der Waals surface area contributed by atoms with E-state index in [9.17, 15) is 69.6 Å². The number of unbranched alkanes of at least 4 members (excludes halogenated alkanes) is 1. The van der Waals surface area contributed by atoms with Gasteiger partial charge in [0, 0.05) is 53.4 Å². The Labute approximate surface area is 358 Å². The minimum Gasteiger partial charge on any atom is -0.508 e. The minimum absolute atomic E-state index is 0.0360. The normalized spacial score (nSPS) is 28.5. The molecule has 2 aromatic carbocycles. The van der Waals surface area contributed by atoms with Gasteiger partial charge in [0.2, 0.25) is 11.6 Å². The van der Waals surface area contributed by atoms with Crippen molar-refractivity contribution in [2.75, 3.05) is 14.1 Å². The molecule has 0 radical (unpaired) electrons. The maximum Gasteiger partial charge on any atom is 0.255 e. The van der Waals surface area contributed by atoms with Crippen molar-refractivity contribution in [2.24, 2.45) is 35.1 Å². The monoisotopic (exact) mass is 859 g/mol. The molecule has 8 rings (SSSR count). The highest BCUT2D eigenvalue weighted by Crippen LogP contribution is 2.54. The number of ketones is 4. The fraction of sp³-hybridized carbons (Fsp3) is 0.348. The number of nitrogens with two attached hydrogens (primary N) is 2. The average Bonchev–Trinajstić information content (AvgIpc) is 3.20. The first-order valence-electron chi connectivity index (χ1n) is 20.0. The van der Waals surface area contributed by atoms with Crippen LogP contribution in [0.3, 0.4) is 0 Å². The lowest BCUT2D eigenvalue weighted by Crippen LogP contribution is -2.65. The summed E-state index contributed by atoms with van der Waals surface area (Å²) in [6, 6.07) is 4.41. The van der Waals surface area contributed by atoms with Gasteiger partial charge in [-0.1, -0.05) is 23.7 Å². The number of phenolic OH excluding ortho intramolecular Hbond substituents is 2. The molecule has 0 bridgehead atoms. The van der Waals surface area contributed by atoms with E-state index in [4.69, 9.17) is 11.5 Å². The van der Waals surface area contributed by atoms with Gasteiger partial charge in [0.25, 0.3) is 11.8 Å². The molecule has 63 heavy (non-hydrogen) atoms. The molecule has 0 saturated heterocycles. The van der Waals surface area contributed by atoms with E-state index in [0.717, 1.165) is 0 Å². The van der Waals surface area contributed by atoms with Crippen molar-refractivity contribution in [3.8, 4) is 35.2 Å². The van der Waals surface area contributed by atoms with Crippen LogP contribution in [0.4, 0.5) is 0 Å². The van der Waals surface area contributed by atoms with Crippen LogP contribution in [0, 0.1) is 47.4 Å². The molecule has 0 aliphatic heterocycles. The second-order valence-electron chi connectivity index (χ2n) is 16.9. The van der Waals surface area contributed by atoms with E-state index in [1.807, 2.05) is 0 Å². The number of amides is 2. The highest BCUT2D eigenvalue weighted by molar-refractivity contribution is 6.25. The number of hydrogen-bond donors (Lipinski definition) is 10. The van der Waals surface area contributed by atoms with Crippen molar-refractivity contribution >= 4 is 46.5 Å². The quantitative estimate of drug-likeness (QED) is 0.116. The van der Waals surface area contributed by atoms with E-state index in [0.29, 0.717) is 22.3 Å². The number of likely N-dealkylation sites (N-methyl/N-ethyl adjacent to an activating group) is 1. The van der Waals surface area contributed by atoms with Crippen LogP contribution in [0.5, 0.6) is 11.5 Å². The molecule has 0 spiro atoms. The fourth-order valence-corrected chi connectivity index (χ4v) is 10.5. The van der Waals surface area contributed by atoms with E-state index >= 15 is 0 Å². The largest absolute Gasteiger partial charge is 0.508 e. The average molecular weight is 860 g/mol. The summed E-state index contributed by atoms with van der Waals surface area (Å²) in [6.45, 7) is 0. The Bertz CT molecular complexity index is 2820. The lowest BCUT2D eigenvalue weighted by atomic mass is 9.57. The molecule has 2 amide bonds. The summed E-state index contributed by atoms with van der Waals surface area (Å²) in [4.78, 5) is 79.6. The number of hydrogen-bond acceptors (Lipinski definition) is 15. The lowest BCUT2D eigenvalue weighted by Gasteiger charge is -2.50. The Morgan fingerprint density at radius 3 is 1.62 bits per heavy atom. The summed E-state index contributed by atoms with van der Waals surface area (Å²) >= 11 is 0. The summed E-state index contributed by atoms with van der Waals surface area (Å²) in [7, 11) is 3.02. The standard InChI is InChI=1S/C46H41N3O14/c1-49(2)35-25-16-21-15-24-19(10-12-27(51)32(24)37(54)30(21)40(57)46(25,63)42(59)34(38(35)55)44(48)61)8-6-4-3-5-7-18-9-11-26(50)31-23(18)14-20-13-22-17-28(52)33(43(47)60)41(58)45(22,62)39(56)29(20)36(31)53/h9-12,20-22,25,35,50-51,53-54,58-59,62-63H,3-4,13-17H2,1-2H3,(H2,47,60)(H2,48,61). The van der Waals surface area contributed by atoms with Crippen LogP contribution in [-0.2, 0) is 41.6 Å². The van der Waals surface area contributed by atoms with Crippen molar-refractivity contribution in [3.63, 3.8) is 0 Å². The second-order valence-corrected chi connectivity index (χ2v) is 16.9. The molecule has 324 valence electrons. The number of Topliss-reactive ketones (excluding diaryl/α,β-unsaturated/α-hetero) is 4. The van der Waals surface area contributed by atoms with E-state index < -0.39 is 116 Å². The lowest BCUT2D eigenvalue weighted by molar-refractivity contribution is -0.154. The van der Waals surface area contributed by atoms with Crippen LogP contribution < -0.4 is 11.5 Å². The molecule has 7 unspecified atom stereocenters. The molecule has 0 aromatic heterocycles. The van der Waals surface area contributed by atoms with Crippen LogP contribution in [-0.4, -0.2) is 112 Å². The first-order valence-corrected chi connectivity index (χ1v) is 20.0. The number of carbonyl (C=O) groups is 6. The van der Waals surface area contributed by atoms with Gasteiger partial charge in [0.15, 0.2) is 22.8 Å². The van der Waals surface area contributed by atoms with Crippen molar-refractivity contribution in [1.82, 2.24) is 4.90 Å². The van der Waals surface area contributed by atoms with Gasteiger partial charge < -0.3 is 52.3 Å². The number of rotatable bonds is 4. The molecular formula is C46H41N3O14.